The van der Waals surface area contributed by atoms with Gasteiger partial charge in [-0.1, -0.05) is 32.1 Å². The van der Waals surface area contributed by atoms with Crippen LogP contribution in [0.25, 0.3) is 6.08 Å². The molecule has 0 aliphatic rings. The Hall–Kier alpha value is -0.560. The lowest BCUT2D eigenvalue weighted by Gasteiger charge is -2.11. The largest absolute Gasteiger partial charge is 0.492 e. The Labute approximate surface area is 133 Å². The third-order valence-electron chi connectivity index (χ3n) is 2.49. The Bertz CT molecular complexity index is 461. The molecule has 0 radical (unpaired) electrons. The Morgan fingerprint density at radius 1 is 1.45 bits per heavy atom. The highest BCUT2D eigenvalue weighted by Crippen LogP contribution is 2.28. The molecule has 0 spiro atoms. The van der Waals surface area contributed by atoms with E-state index in [0.717, 1.165) is 11.3 Å². The summed E-state index contributed by atoms with van der Waals surface area (Å²) in [4.78, 5) is 11.5. The van der Waals surface area contributed by atoms with Crippen LogP contribution in [0.1, 0.15) is 19.4 Å². The molecule has 1 aromatic carbocycles. The predicted molar refractivity (Wildman–Crippen MR) is 95.8 cm³/mol. The minimum absolute atomic E-state index is 0.0223. The highest BCUT2D eigenvalue weighted by Gasteiger charge is 2.02. The van der Waals surface area contributed by atoms with Gasteiger partial charge in [0.05, 0.1) is 0 Å². The average Bonchev–Trinajstić information content (AvgIpc) is 2.41. The smallest absolute Gasteiger partial charge is 0.158 e. The lowest BCUT2D eigenvalue weighted by Crippen LogP contribution is -2.14. The molecule has 0 bridgehead atoms. The molecule has 6 heteroatoms. The molecule has 0 unspecified atom stereocenters. The summed E-state index contributed by atoms with van der Waals surface area (Å²) in [6.07, 6.45) is 3.43. The number of nitrogens with one attached hydrogen (secondary N) is 1. The van der Waals surface area contributed by atoms with E-state index in [1.807, 2.05) is 44.2 Å². The van der Waals surface area contributed by atoms with E-state index in [2.05, 4.69) is 28.0 Å². The number of carbonyl (C=O) groups is 1. The van der Waals surface area contributed by atoms with Crippen molar-refractivity contribution in [2.75, 3.05) is 13.2 Å². The van der Waals surface area contributed by atoms with E-state index in [1.54, 1.807) is 6.08 Å². The van der Waals surface area contributed by atoms with Gasteiger partial charge in [-0.05, 0) is 23.8 Å². The minimum Gasteiger partial charge on any atom is -0.492 e. The first-order chi connectivity index (χ1) is 9.49. The fraction of sp³-hybridized carbons (Fsp3) is 0.357. The fourth-order valence-electron chi connectivity index (χ4n) is 1.39. The summed E-state index contributed by atoms with van der Waals surface area (Å²) >= 11 is 8.32. The van der Waals surface area contributed by atoms with Crippen molar-refractivity contribution in [1.29, 1.82) is 0 Å². The van der Waals surface area contributed by atoms with E-state index < -0.39 is 9.15 Å². The van der Waals surface area contributed by atoms with Crippen molar-refractivity contribution < 1.29 is 9.53 Å². The lowest BCUT2D eigenvalue weighted by molar-refractivity contribution is -0.117. The van der Waals surface area contributed by atoms with E-state index in [0.29, 0.717) is 13.2 Å². The van der Waals surface area contributed by atoms with Crippen LogP contribution in [0.3, 0.4) is 0 Å². The maximum atomic E-state index is 11.5. The topological polar surface area (TPSA) is 38.3 Å². The number of carbonyl (C=O) groups excluding carboxylic acids is 1. The standard InChI is InChI=1S/C14H21NO2S3/c1-11(2)14(16)7-6-12-4-3-5-13(10-12)17-9-8-15-20(18)19/h3-7,10-11,15,18-20H,8-9H2,1-2H3/b7-6+. The Morgan fingerprint density at radius 3 is 2.85 bits per heavy atom. The second kappa shape index (κ2) is 9.39. The van der Waals surface area contributed by atoms with Crippen LogP contribution in [0.15, 0.2) is 30.3 Å². The lowest BCUT2D eigenvalue weighted by atomic mass is 10.1. The Kier molecular flexibility index (Phi) is 8.21. The number of allylic oxidation sites excluding steroid dienone is 1. The molecule has 0 atom stereocenters. The SMILES string of the molecule is CC(C)C(=O)/C=C/c1cccc(OCCN[SH](S)S)c1. The van der Waals surface area contributed by atoms with Crippen molar-refractivity contribution in [1.82, 2.24) is 4.72 Å². The molecular weight excluding hydrogens is 310 g/mol. The molecule has 112 valence electrons. The monoisotopic (exact) mass is 331 g/mol. The predicted octanol–water partition coefficient (Wildman–Crippen LogP) is 3.50. The van der Waals surface area contributed by atoms with Crippen LogP contribution in [0.4, 0.5) is 0 Å². The zero-order chi connectivity index (χ0) is 15.0. The summed E-state index contributed by atoms with van der Waals surface area (Å²) in [5.74, 6) is 0.930. The number of hydrogen-bond donors (Lipinski definition) is 4. The molecular formula is C14H21NO2S3. The van der Waals surface area contributed by atoms with Gasteiger partial charge in [-0.2, -0.15) is 0 Å². The van der Waals surface area contributed by atoms with Crippen molar-refractivity contribution in [2.24, 2.45) is 5.92 Å². The van der Waals surface area contributed by atoms with Gasteiger partial charge in [-0.3, -0.25) is 9.52 Å². The van der Waals surface area contributed by atoms with Gasteiger partial charge in [0.25, 0.3) is 0 Å². The summed E-state index contributed by atoms with van der Waals surface area (Å²) < 4.78 is 8.70. The molecule has 0 saturated carbocycles. The van der Waals surface area contributed by atoms with E-state index in [1.165, 1.54) is 0 Å². The summed E-state index contributed by atoms with van der Waals surface area (Å²) in [5, 5.41) is 0. The fourth-order valence-corrected chi connectivity index (χ4v) is 2.28. The van der Waals surface area contributed by atoms with E-state index in [4.69, 9.17) is 4.74 Å². The molecule has 1 aromatic rings. The van der Waals surface area contributed by atoms with Crippen LogP contribution in [0, 0.1) is 5.92 Å². The highest BCUT2D eigenvalue weighted by molar-refractivity contribution is 9.08. The first-order valence-electron chi connectivity index (χ1n) is 6.35. The Balaban J connectivity index is 2.51. The van der Waals surface area contributed by atoms with E-state index in [9.17, 15) is 4.79 Å². The first-order valence-corrected chi connectivity index (χ1v) is 10.00. The quantitative estimate of drug-likeness (QED) is 0.255. The van der Waals surface area contributed by atoms with Crippen molar-refractivity contribution in [3.05, 3.63) is 35.9 Å². The normalized spacial score (nSPS) is 11.9. The second-order valence-electron chi connectivity index (χ2n) is 4.51. The number of ketones is 1. The molecule has 1 N–H and O–H groups in total. The van der Waals surface area contributed by atoms with Gasteiger partial charge in [0.2, 0.25) is 0 Å². The number of thiol groups is 3. The molecule has 0 heterocycles. The molecule has 0 fully saturated rings. The third-order valence-corrected chi connectivity index (χ3v) is 3.85. The van der Waals surface area contributed by atoms with Crippen molar-refractivity contribution in [3.63, 3.8) is 0 Å². The van der Waals surface area contributed by atoms with E-state index in [-0.39, 0.29) is 11.7 Å². The molecule has 0 aliphatic heterocycles. The highest BCUT2D eigenvalue weighted by atomic mass is 33.5. The van der Waals surface area contributed by atoms with Crippen molar-refractivity contribution in [3.8, 4) is 5.75 Å². The molecule has 1 rings (SSSR count). The van der Waals surface area contributed by atoms with Gasteiger partial charge in [0.15, 0.2) is 5.78 Å². The van der Waals surface area contributed by atoms with Gasteiger partial charge >= 0.3 is 0 Å². The van der Waals surface area contributed by atoms with Gasteiger partial charge in [-0.15, -0.1) is 32.5 Å². The van der Waals surface area contributed by atoms with Crippen LogP contribution in [-0.2, 0) is 4.79 Å². The zero-order valence-electron chi connectivity index (χ0n) is 11.6. The third kappa shape index (κ3) is 7.28. The number of benzene rings is 1. The van der Waals surface area contributed by atoms with Gasteiger partial charge in [-0.25, -0.2) is 0 Å². The van der Waals surface area contributed by atoms with Crippen molar-refractivity contribution >= 4 is 44.3 Å². The van der Waals surface area contributed by atoms with Crippen LogP contribution in [0.5, 0.6) is 5.75 Å². The van der Waals surface area contributed by atoms with Crippen LogP contribution >= 0.6 is 32.5 Å². The summed E-state index contributed by atoms with van der Waals surface area (Å²) in [7, 11) is -0.696. The first kappa shape index (κ1) is 17.5. The minimum atomic E-state index is -0.696. The van der Waals surface area contributed by atoms with Gasteiger partial charge < -0.3 is 4.74 Å². The average molecular weight is 332 g/mol. The molecule has 3 nitrogen and oxygen atoms in total. The molecule has 0 aromatic heterocycles. The number of rotatable bonds is 8. The second-order valence-corrected chi connectivity index (χ2v) is 8.75. The maximum Gasteiger partial charge on any atom is 0.158 e. The Morgan fingerprint density at radius 2 is 2.20 bits per heavy atom. The van der Waals surface area contributed by atoms with Crippen LogP contribution in [-0.4, -0.2) is 18.9 Å². The number of ether oxygens (including phenoxy) is 1. The summed E-state index contributed by atoms with van der Waals surface area (Å²) in [5.41, 5.74) is 0.954. The van der Waals surface area contributed by atoms with Gasteiger partial charge in [0.1, 0.15) is 12.4 Å². The molecule has 20 heavy (non-hydrogen) atoms. The maximum absolute atomic E-state index is 11.5. The van der Waals surface area contributed by atoms with E-state index >= 15 is 0 Å². The van der Waals surface area contributed by atoms with Crippen LogP contribution in [0.2, 0.25) is 0 Å². The van der Waals surface area contributed by atoms with Crippen LogP contribution < -0.4 is 9.46 Å². The van der Waals surface area contributed by atoms with Gasteiger partial charge in [0, 0.05) is 12.5 Å². The number of hydrogen-bond acceptors (Lipinski definition) is 5. The van der Waals surface area contributed by atoms with Crippen molar-refractivity contribution in [2.45, 2.75) is 13.8 Å². The zero-order valence-corrected chi connectivity index (χ0v) is 14.3. The molecule has 0 amide bonds. The molecule has 0 aliphatic carbocycles. The summed E-state index contributed by atoms with van der Waals surface area (Å²) in [6.45, 7) is 5.02. The molecule has 0 saturated heterocycles. The summed E-state index contributed by atoms with van der Waals surface area (Å²) in [6, 6.07) is 7.66.